The van der Waals surface area contributed by atoms with Gasteiger partial charge in [-0.3, -0.25) is 9.59 Å². The number of likely N-dealkylation sites (tertiary alicyclic amines) is 1. The van der Waals surface area contributed by atoms with Gasteiger partial charge < -0.3 is 19.7 Å². The molecular weight excluding hydrogens is 476 g/mol. The maximum atomic E-state index is 12.1. The summed E-state index contributed by atoms with van der Waals surface area (Å²) in [6, 6.07) is 2.69. The van der Waals surface area contributed by atoms with Crippen LogP contribution in [0.1, 0.15) is 12.8 Å². The maximum absolute atomic E-state index is 12.1. The second kappa shape index (κ2) is 10.4. The number of nitrogens with one attached hydrogen (secondary N) is 1. The third kappa shape index (κ3) is 7.41. The van der Waals surface area contributed by atoms with E-state index in [0.29, 0.717) is 0 Å². The van der Waals surface area contributed by atoms with Crippen molar-refractivity contribution >= 4 is 58.5 Å². The Hall–Kier alpha value is -1.91. The van der Waals surface area contributed by atoms with E-state index in [0.717, 1.165) is 4.90 Å². The molecule has 2 rings (SSSR count). The largest absolute Gasteiger partial charge is 0.455 e. The number of hydrogen-bond acceptors (Lipinski definition) is 5. The van der Waals surface area contributed by atoms with E-state index in [1.807, 2.05) is 0 Å². The van der Waals surface area contributed by atoms with E-state index in [9.17, 15) is 27.6 Å². The number of esters is 1. The van der Waals surface area contributed by atoms with Crippen molar-refractivity contribution in [2.75, 3.05) is 31.6 Å². The van der Waals surface area contributed by atoms with Crippen molar-refractivity contribution in [3.05, 3.63) is 27.2 Å². The van der Waals surface area contributed by atoms with Crippen LogP contribution in [0.3, 0.4) is 0 Å². The number of ether oxygens (including phenoxy) is 2. The summed E-state index contributed by atoms with van der Waals surface area (Å²) >= 11 is 17.6. The van der Waals surface area contributed by atoms with Crippen LogP contribution in [0.5, 0.6) is 0 Å². The number of carbonyl (C=O) groups excluding carboxylic acids is 3. The summed E-state index contributed by atoms with van der Waals surface area (Å²) < 4.78 is 45.4. The Morgan fingerprint density at radius 3 is 2.23 bits per heavy atom. The zero-order chi connectivity index (χ0) is 22.5. The van der Waals surface area contributed by atoms with Gasteiger partial charge in [0.05, 0.1) is 26.7 Å². The Morgan fingerprint density at radius 2 is 1.63 bits per heavy atom. The van der Waals surface area contributed by atoms with Gasteiger partial charge in [-0.25, -0.2) is 4.79 Å². The third-order valence-electron chi connectivity index (χ3n) is 4.08. The van der Waals surface area contributed by atoms with Gasteiger partial charge in [0.15, 0.2) is 13.2 Å². The van der Waals surface area contributed by atoms with E-state index < -0.39 is 43.3 Å². The van der Waals surface area contributed by atoms with Gasteiger partial charge in [0.25, 0.3) is 5.91 Å². The standard InChI is InChI=1S/C17H16Cl3F3N2O5/c18-10-5-12(20)13(6-11(10)19)24-14(26)7-29-15(27)9-1-3-25(4-2-9)16(28)30-8-17(21,22)23/h5-6,9H,1-4,7-8H2,(H,24,26). The molecule has 0 bridgehead atoms. The van der Waals surface area contributed by atoms with Gasteiger partial charge >= 0.3 is 18.2 Å². The van der Waals surface area contributed by atoms with Crippen molar-refractivity contribution in [2.24, 2.45) is 5.92 Å². The molecule has 0 aromatic heterocycles. The van der Waals surface area contributed by atoms with Crippen LogP contribution < -0.4 is 5.32 Å². The van der Waals surface area contributed by atoms with Crippen LogP contribution in [0, 0.1) is 5.92 Å². The highest BCUT2D eigenvalue weighted by Gasteiger charge is 2.33. The van der Waals surface area contributed by atoms with E-state index in [1.54, 1.807) is 0 Å². The molecule has 0 saturated carbocycles. The predicted molar refractivity (Wildman–Crippen MR) is 103 cm³/mol. The topological polar surface area (TPSA) is 84.9 Å². The fourth-order valence-electron chi connectivity index (χ4n) is 2.59. The number of carbonyl (C=O) groups is 3. The second-order valence-electron chi connectivity index (χ2n) is 6.33. The Bertz CT molecular complexity index is 815. The first-order valence-corrected chi connectivity index (χ1v) is 9.69. The molecule has 1 aromatic carbocycles. The number of anilines is 1. The molecule has 1 saturated heterocycles. The monoisotopic (exact) mass is 490 g/mol. The van der Waals surface area contributed by atoms with Crippen LogP contribution in [0.25, 0.3) is 0 Å². The fourth-order valence-corrected chi connectivity index (χ4v) is 3.19. The van der Waals surface area contributed by atoms with Crippen molar-refractivity contribution in [1.29, 1.82) is 0 Å². The summed E-state index contributed by atoms with van der Waals surface area (Å²) in [4.78, 5) is 36.7. The number of piperidine rings is 1. The summed E-state index contributed by atoms with van der Waals surface area (Å²) in [6.07, 6.45) is -5.38. The van der Waals surface area contributed by atoms with E-state index in [2.05, 4.69) is 10.1 Å². The molecule has 7 nitrogen and oxygen atoms in total. The Morgan fingerprint density at radius 1 is 1.03 bits per heavy atom. The van der Waals surface area contributed by atoms with Crippen LogP contribution in [-0.2, 0) is 19.1 Å². The molecule has 30 heavy (non-hydrogen) atoms. The minimum atomic E-state index is -4.61. The smallest absolute Gasteiger partial charge is 0.422 e. The molecule has 2 amide bonds. The van der Waals surface area contributed by atoms with Gasteiger partial charge in [-0.2, -0.15) is 13.2 Å². The molecule has 0 unspecified atom stereocenters. The lowest BCUT2D eigenvalue weighted by molar-refractivity contribution is -0.163. The molecule has 0 atom stereocenters. The molecule has 1 aromatic rings. The lowest BCUT2D eigenvalue weighted by atomic mass is 9.97. The molecule has 0 spiro atoms. The summed E-state index contributed by atoms with van der Waals surface area (Å²) in [5, 5.41) is 2.96. The van der Waals surface area contributed by atoms with E-state index >= 15 is 0 Å². The van der Waals surface area contributed by atoms with E-state index in [-0.39, 0.29) is 46.7 Å². The third-order valence-corrected chi connectivity index (χ3v) is 5.11. The lowest BCUT2D eigenvalue weighted by Gasteiger charge is -2.30. The zero-order valence-electron chi connectivity index (χ0n) is 15.2. The van der Waals surface area contributed by atoms with Gasteiger partial charge in [0.2, 0.25) is 0 Å². The van der Waals surface area contributed by atoms with Crippen LogP contribution in [0.2, 0.25) is 15.1 Å². The quantitative estimate of drug-likeness (QED) is 0.483. The number of nitrogens with zero attached hydrogens (tertiary/aromatic N) is 1. The molecule has 0 radical (unpaired) electrons. The van der Waals surface area contributed by atoms with Gasteiger partial charge in [-0.05, 0) is 25.0 Å². The summed E-state index contributed by atoms with van der Waals surface area (Å²) in [5.41, 5.74) is 0.192. The van der Waals surface area contributed by atoms with Gasteiger partial charge in [-0.1, -0.05) is 34.8 Å². The molecule has 166 valence electrons. The Labute approximate surface area is 184 Å². The molecule has 1 fully saturated rings. The van der Waals surface area contributed by atoms with Crippen molar-refractivity contribution in [2.45, 2.75) is 19.0 Å². The number of amides is 2. The summed E-state index contributed by atoms with van der Waals surface area (Å²) in [5.74, 6) is -1.91. The van der Waals surface area contributed by atoms with Gasteiger partial charge in [0, 0.05) is 13.1 Å². The minimum absolute atomic E-state index is 0.0293. The number of benzene rings is 1. The van der Waals surface area contributed by atoms with Gasteiger partial charge in [-0.15, -0.1) is 0 Å². The van der Waals surface area contributed by atoms with E-state index in [1.165, 1.54) is 12.1 Å². The summed E-state index contributed by atoms with van der Waals surface area (Å²) in [6.45, 7) is -2.20. The SMILES string of the molecule is O=C(COC(=O)C1CCN(C(=O)OCC(F)(F)F)CC1)Nc1cc(Cl)c(Cl)cc1Cl. The van der Waals surface area contributed by atoms with Gasteiger partial charge in [0.1, 0.15) is 0 Å². The first-order valence-electron chi connectivity index (χ1n) is 8.55. The highest BCUT2D eigenvalue weighted by Crippen LogP contribution is 2.32. The molecule has 1 heterocycles. The first kappa shape index (κ1) is 24.4. The highest BCUT2D eigenvalue weighted by molar-refractivity contribution is 6.44. The Balaban J connectivity index is 1.75. The first-order chi connectivity index (χ1) is 14.0. The summed E-state index contributed by atoms with van der Waals surface area (Å²) in [7, 11) is 0. The second-order valence-corrected chi connectivity index (χ2v) is 7.55. The number of halogens is 6. The molecule has 1 N–H and O–H groups in total. The maximum Gasteiger partial charge on any atom is 0.422 e. The molecule has 0 aliphatic carbocycles. The molecule has 1 aliphatic rings. The number of rotatable bonds is 5. The Kier molecular flexibility index (Phi) is 8.45. The zero-order valence-corrected chi connectivity index (χ0v) is 17.5. The lowest BCUT2D eigenvalue weighted by Crippen LogP contribution is -2.42. The fraction of sp³-hybridized carbons (Fsp3) is 0.471. The van der Waals surface area contributed by atoms with Crippen LogP contribution >= 0.6 is 34.8 Å². The number of hydrogen-bond donors (Lipinski definition) is 1. The normalized spacial score (nSPS) is 14.9. The molecule has 1 aliphatic heterocycles. The highest BCUT2D eigenvalue weighted by atomic mass is 35.5. The molecule has 13 heteroatoms. The predicted octanol–water partition coefficient (Wildman–Crippen LogP) is 4.54. The van der Waals surface area contributed by atoms with Crippen LogP contribution in [0.15, 0.2) is 12.1 Å². The van der Waals surface area contributed by atoms with Crippen molar-refractivity contribution < 1.29 is 37.0 Å². The van der Waals surface area contributed by atoms with Crippen molar-refractivity contribution in [1.82, 2.24) is 4.90 Å². The number of alkyl halides is 3. The molecular formula is C17H16Cl3F3N2O5. The average Bonchev–Trinajstić information content (AvgIpc) is 2.68. The van der Waals surface area contributed by atoms with Crippen LogP contribution in [-0.4, -0.2) is 55.3 Å². The van der Waals surface area contributed by atoms with Crippen LogP contribution in [0.4, 0.5) is 23.7 Å². The van der Waals surface area contributed by atoms with Crippen molar-refractivity contribution in [3.8, 4) is 0 Å². The average molecular weight is 492 g/mol. The van der Waals surface area contributed by atoms with Crippen molar-refractivity contribution in [3.63, 3.8) is 0 Å². The minimum Gasteiger partial charge on any atom is -0.455 e. The van der Waals surface area contributed by atoms with E-state index in [4.69, 9.17) is 39.5 Å².